The van der Waals surface area contributed by atoms with Gasteiger partial charge in [0.2, 0.25) is 5.91 Å². The highest BCUT2D eigenvalue weighted by molar-refractivity contribution is 5.90. The van der Waals surface area contributed by atoms with Gasteiger partial charge in [0.15, 0.2) is 0 Å². The molecule has 1 heterocycles. The molecule has 1 amide bonds. The fourth-order valence-corrected chi connectivity index (χ4v) is 2.84. The fourth-order valence-electron chi connectivity index (χ4n) is 2.84. The predicted molar refractivity (Wildman–Crippen MR) is 78.6 cm³/mol. The van der Waals surface area contributed by atoms with Crippen molar-refractivity contribution in [2.24, 2.45) is 0 Å². The fraction of sp³-hybridized carbons (Fsp3) is 0.375. The Hall–Kier alpha value is -2.17. The van der Waals surface area contributed by atoms with E-state index in [4.69, 9.17) is 0 Å². The lowest BCUT2D eigenvalue weighted by molar-refractivity contribution is -0.116. The Morgan fingerprint density at radius 3 is 2.90 bits per heavy atom. The Kier molecular flexibility index (Phi) is 3.73. The molecule has 0 spiro atoms. The van der Waals surface area contributed by atoms with Crippen LogP contribution in [0.3, 0.4) is 0 Å². The van der Waals surface area contributed by atoms with Gasteiger partial charge < -0.3 is 9.88 Å². The van der Waals surface area contributed by atoms with Crippen molar-refractivity contribution >= 4 is 11.6 Å². The summed E-state index contributed by atoms with van der Waals surface area (Å²) in [6.45, 7) is 2.09. The molecule has 1 N–H and O–H groups in total. The number of hydrogen-bond donors (Lipinski definition) is 1. The average Bonchev–Trinajstić information content (AvgIpc) is 2.78. The van der Waals surface area contributed by atoms with Crippen LogP contribution in [0.25, 0.3) is 0 Å². The number of carbonyl (C=O) groups is 1. The van der Waals surface area contributed by atoms with E-state index in [1.807, 2.05) is 11.5 Å². The lowest BCUT2D eigenvalue weighted by Gasteiger charge is -2.14. The van der Waals surface area contributed by atoms with Crippen molar-refractivity contribution in [3.05, 3.63) is 47.3 Å². The molecule has 0 radical (unpaired) electrons. The number of fused-ring (bicyclic) bond motifs is 1. The number of anilines is 1. The third-order valence-corrected chi connectivity index (χ3v) is 3.87. The minimum absolute atomic E-state index is 0.183. The molecular weight excluding hydrogens is 269 g/mol. The van der Waals surface area contributed by atoms with E-state index in [0.29, 0.717) is 0 Å². The number of aryl methyl sites for hydroxylation is 2. The van der Waals surface area contributed by atoms with Crippen LogP contribution in [0, 0.1) is 12.7 Å². The molecule has 1 aliphatic carbocycles. The van der Waals surface area contributed by atoms with Crippen molar-refractivity contribution in [2.75, 3.05) is 5.32 Å². The lowest BCUT2D eigenvalue weighted by atomic mass is 10.0. The lowest BCUT2D eigenvalue weighted by Crippen LogP contribution is -2.22. The first kappa shape index (κ1) is 13.8. The first-order valence-electron chi connectivity index (χ1n) is 7.24. The van der Waals surface area contributed by atoms with Crippen LogP contribution in [0.1, 0.15) is 30.1 Å². The molecule has 0 unspecified atom stereocenters. The van der Waals surface area contributed by atoms with E-state index in [2.05, 4.69) is 10.3 Å². The summed E-state index contributed by atoms with van der Waals surface area (Å²) < 4.78 is 15.5. The summed E-state index contributed by atoms with van der Waals surface area (Å²) in [5, 5.41) is 2.62. The minimum atomic E-state index is -0.421. The van der Waals surface area contributed by atoms with Gasteiger partial charge in [0.1, 0.15) is 18.2 Å². The molecule has 0 bridgehead atoms. The van der Waals surface area contributed by atoms with E-state index in [9.17, 15) is 9.18 Å². The molecule has 4 nitrogen and oxygen atoms in total. The standard InChI is InChI=1S/C16H18FN3O/c1-11-18-14-8-4-5-9-15(14)20(11)10-16(21)19-13-7-3-2-6-12(13)17/h2-3,6-7H,4-5,8-10H2,1H3,(H,19,21). The molecule has 1 aromatic heterocycles. The maximum atomic E-state index is 13.5. The first-order valence-corrected chi connectivity index (χ1v) is 7.24. The van der Waals surface area contributed by atoms with Gasteiger partial charge in [0.05, 0.1) is 11.4 Å². The number of nitrogens with zero attached hydrogens (tertiary/aromatic N) is 2. The van der Waals surface area contributed by atoms with E-state index < -0.39 is 5.82 Å². The molecule has 1 aliphatic rings. The van der Waals surface area contributed by atoms with Crippen LogP contribution < -0.4 is 5.32 Å². The maximum absolute atomic E-state index is 13.5. The van der Waals surface area contributed by atoms with E-state index in [0.717, 1.165) is 42.9 Å². The molecule has 0 atom stereocenters. The summed E-state index contributed by atoms with van der Waals surface area (Å²) in [5.74, 6) is 0.204. The summed E-state index contributed by atoms with van der Waals surface area (Å²) in [7, 11) is 0. The number of carbonyl (C=O) groups excluding carboxylic acids is 1. The van der Waals surface area contributed by atoms with E-state index >= 15 is 0 Å². The Labute approximate surface area is 123 Å². The molecule has 110 valence electrons. The third kappa shape index (κ3) is 2.82. The van der Waals surface area contributed by atoms with E-state index in [-0.39, 0.29) is 18.1 Å². The minimum Gasteiger partial charge on any atom is -0.323 e. The van der Waals surface area contributed by atoms with Gasteiger partial charge in [-0.3, -0.25) is 4.79 Å². The van der Waals surface area contributed by atoms with Gasteiger partial charge in [-0.15, -0.1) is 0 Å². The Balaban J connectivity index is 1.76. The highest BCUT2D eigenvalue weighted by atomic mass is 19.1. The van der Waals surface area contributed by atoms with Gasteiger partial charge in [0, 0.05) is 5.69 Å². The van der Waals surface area contributed by atoms with Gasteiger partial charge in [-0.1, -0.05) is 12.1 Å². The number of aromatic nitrogens is 2. The molecule has 0 aliphatic heterocycles. The third-order valence-electron chi connectivity index (χ3n) is 3.87. The second-order valence-electron chi connectivity index (χ2n) is 5.37. The normalized spacial score (nSPS) is 13.8. The van der Waals surface area contributed by atoms with E-state index in [1.54, 1.807) is 18.2 Å². The predicted octanol–water partition coefficient (Wildman–Crippen LogP) is 2.85. The summed E-state index contributed by atoms with van der Waals surface area (Å²) in [6, 6.07) is 6.19. The van der Waals surface area contributed by atoms with Crippen molar-refractivity contribution in [1.82, 2.24) is 9.55 Å². The largest absolute Gasteiger partial charge is 0.323 e. The zero-order valence-electron chi connectivity index (χ0n) is 12.0. The number of hydrogen-bond acceptors (Lipinski definition) is 2. The highest BCUT2D eigenvalue weighted by Crippen LogP contribution is 2.22. The number of benzene rings is 1. The smallest absolute Gasteiger partial charge is 0.244 e. The molecule has 21 heavy (non-hydrogen) atoms. The Morgan fingerprint density at radius 1 is 1.33 bits per heavy atom. The highest BCUT2D eigenvalue weighted by Gasteiger charge is 2.19. The summed E-state index contributed by atoms with van der Waals surface area (Å²) in [6.07, 6.45) is 4.24. The SMILES string of the molecule is Cc1nc2c(n1CC(=O)Nc1ccccc1F)CCCC2. The van der Waals surface area contributed by atoms with Gasteiger partial charge in [-0.25, -0.2) is 9.37 Å². The van der Waals surface area contributed by atoms with Crippen LogP contribution in [0.2, 0.25) is 0 Å². The van der Waals surface area contributed by atoms with Gasteiger partial charge >= 0.3 is 0 Å². The van der Waals surface area contributed by atoms with Crippen LogP contribution >= 0.6 is 0 Å². The second-order valence-corrected chi connectivity index (χ2v) is 5.37. The Bertz CT molecular complexity index is 678. The number of nitrogens with one attached hydrogen (secondary N) is 1. The maximum Gasteiger partial charge on any atom is 0.244 e. The van der Waals surface area contributed by atoms with Crippen molar-refractivity contribution in [2.45, 2.75) is 39.2 Å². The molecule has 5 heteroatoms. The van der Waals surface area contributed by atoms with Crippen molar-refractivity contribution in [3.8, 4) is 0 Å². The molecule has 0 saturated heterocycles. The average molecular weight is 287 g/mol. The summed E-state index contributed by atoms with van der Waals surface area (Å²) in [5.41, 5.74) is 2.48. The zero-order valence-corrected chi connectivity index (χ0v) is 12.0. The topological polar surface area (TPSA) is 46.9 Å². The number of amides is 1. The van der Waals surface area contributed by atoms with Crippen molar-refractivity contribution in [1.29, 1.82) is 0 Å². The van der Waals surface area contributed by atoms with Crippen LogP contribution in [0.4, 0.5) is 10.1 Å². The number of rotatable bonds is 3. The number of halogens is 1. The number of imidazole rings is 1. The van der Waals surface area contributed by atoms with Crippen LogP contribution in [-0.2, 0) is 24.2 Å². The second kappa shape index (κ2) is 5.68. The quantitative estimate of drug-likeness (QED) is 0.943. The van der Waals surface area contributed by atoms with Gasteiger partial charge in [-0.05, 0) is 44.7 Å². The molecule has 1 aromatic carbocycles. The van der Waals surface area contributed by atoms with E-state index in [1.165, 1.54) is 6.07 Å². The summed E-state index contributed by atoms with van der Waals surface area (Å²) in [4.78, 5) is 16.7. The molecule has 2 aromatic rings. The molecule has 3 rings (SSSR count). The van der Waals surface area contributed by atoms with Crippen LogP contribution in [-0.4, -0.2) is 15.5 Å². The molecule has 0 fully saturated rings. The van der Waals surface area contributed by atoms with Crippen molar-refractivity contribution in [3.63, 3.8) is 0 Å². The zero-order chi connectivity index (χ0) is 14.8. The van der Waals surface area contributed by atoms with Crippen LogP contribution in [0.15, 0.2) is 24.3 Å². The van der Waals surface area contributed by atoms with Crippen molar-refractivity contribution < 1.29 is 9.18 Å². The summed E-state index contributed by atoms with van der Waals surface area (Å²) >= 11 is 0. The monoisotopic (exact) mass is 287 g/mol. The molecule has 0 saturated carbocycles. The van der Waals surface area contributed by atoms with Gasteiger partial charge in [0.25, 0.3) is 0 Å². The molecular formula is C16H18FN3O. The first-order chi connectivity index (χ1) is 10.1. The Morgan fingerprint density at radius 2 is 2.10 bits per heavy atom. The van der Waals surface area contributed by atoms with Gasteiger partial charge in [-0.2, -0.15) is 0 Å². The van der Waals surface area contributed by atoms with Crippen LogP contribution in [0.5, 0.6) is 0 Å². The number of para-hydroxylation sites is 1.